The van der Waals surface area contributed by atoms with E-state index in [1.807, 2.05) is 25.2 Å². The lowest BCUT2D eigenvalue weighted by Crippen LogP contribution is -2.04. The van der Waals surface area contributed by atoms with Gasteiger partial charge in [-0.25, -0.2) is 4.98 Å². The molecule has 16 heavy (non-hydrogen) atoms. The SMILES string of the molecule is CNCc1coc(-c2ccc(Br)cc2Br)n1. The number of hydrogen-bond acceptors (Lipinski definition) is 3. The molecule has 0 saturated carbocycles. The molecule has 2 aromatic rings. The number of oxazole rings is 1. The summed E-state index contributed by atoms with van der Waals surface area (Å²) < 4.78 is 7.40. The van der Waals surface area contributed by atoms with E-state index in [4.69, 9.17) is 4.42 Å². The molecule has 2 rings (SSSR count). The Hall–Kier alpha value is -0.650. The van der Waals surface area contributed by atoms with Gasteiger partial charge in [0, 0.05) is 15.5 Å². The van der Waals surface area contributed by atoms with E-state index in [9.17, 15) is 0 Å². The number of rotatable bonds is 3. The molecule has 0 spiro atoms. The van der Waals surface area contributed by atoms with Crippen LogP contribution in [0.1, 0.15) is 5.69 Å². The standard InChI is InChI=1S/C11H10Br2N2O/c1-14-5-8-6-16-11(15-8)9-3-2-7(12)4-10(9)13/h2-4,6,14H,5H2,1H3. The van der Waals surface area contributed by atoms with E-state index in [2.05, 4.69) is 42.2 Å². The first-order valence-electron chi connectivity index (χ1n) is 4.75. The van der Waals surface area contributed by atoms with Crippen LogP contribution >= 0.6 is 31.9 Å². The van der Waals surface area contributed by atoms with Crippen molar-refractivity contribution in [3.05, 3.63) is 39.1 Å². The highest BCUT2D eigenvalue weighted by molar-refractivity contribution is 9.11. The van der Waals surface area contributed by atoms with Gasteiger partial charge in [0.15, 0.2) is 0 Å². The predicted molar refractivity (Wildman–Crippen MR) is 70.1 cm³/mol. The van der Waals surface area contributed by atoms with Crippen molar-refractivity contribution < 1.29 is 4.42 Å². The Bertz CT molecular complexity index is 496. The average molecular weight is 346 g/mol. The second kappa shape index (κ2) is 5.12. The summed E-state index contributed by atoms with van der Waals surface area (Å²) in [6.07, 6.45) is 1.67. The van der Waals surface area contributed by atoms with Crippen molar-refractivity contribution in [1.29, 1.82) is 0 Å². The summed E-state index contributed by atoms with van der Waals surface area (Å²) in [6, 6.07) is 5.89. The molecular formula is C11H10Br2N2O. The van der Waals surface area contributed by atoms with Gasteiger partial charge in [-0.1, -0.05) is 15.9 Å². The molecule has 0 amide bonds. The Balaban J connectivity index is 2.35. The Labute approximate surface area is 111 Å². The minimum absolute atomic E-state index is 0.629. The quantitative estimate of drug-likeness (QED) is 0.923. The molecule has 0 aliphatic carbocycles. The zero-order valence-electron chi connectivity index (χ0n) is 8.63. The normalized spacial score (nSPS) is 10.7. The summed E-state index contributed by atoms with van der Waals surface area (Å²) in [5.74, 6) is 0.629. The van der Waals surface area contributed by atoms with Crippen molar-refractivity contribution in [3.63, 3.8) is 0 Å². The van der Waals surface area contributed by atoms with E-state index >= 15 is 0 Å². The number of benzene rings is 1. The molecule has 0 atom stereocenters. The van der Waals surface area contributed by atoms with Crippen LogP contribution in [0.15, 0.2) is 37.8 Å². The zero-order valence-corrected chi connectivity index (χ0v) is 11.8. The van der Waals surface area contributed by atoms with Gasteiger partial charge >= 0.3 is 0 Å². The number of hydrogen-bond donors (Lipinski definition) is 1. The first-order valence-corrected chi connectivity index (χ1v) is 6.33. The molecule has 1 heterocycles. The smallest absolute Gasteiger partial charge is 0.227 e. The molecule has 0 radical (unpaired) electrons. The van der Waals surface area contributed by atoms with E-state index in [0.717, 1.165) is 20.2 Å². The first kappa shape index (κ1) is 11.8. The maximum Gasteiger partial charge on any atom is 0.227 e. The van der Waals surface area contributed by atoms with Crippen molar-refractivity contribution in [1.82, 2.24) is 10.3 Å². The lowest BCUT2D eigenvalue weighted by atomic mass is 10.2. The highest BCUT2D eigenvalue weighted by Gasteiger charge is 2.09. The van der Waals surface area contributed by atoms with Crippen molar-refractivity contribution in [3.8, 4) is 11.5 Å². The van der Waals surface area contributed by atoms with Crippen molar-refractivity contribution >= 4 is 31.9 Å². The molecule has 0 aliphatic heterocycles. The van der Waals surface area contributed by atoms with Gasteiger partial charge < -0.3 is 9.73 Å². The Morgan fingerprint density at radius 1 is 1.38 bits per heavy atom. The highest BCUT2D eigenvalue weighted by atomic mass is 79.9. The molecule has 0 unspecified atom stereocenters. The van der Waals surface area contributed by atoms with Gasteiger partial charge in [0.25, 0.3) is 0 Å². The summed E-state index contributed by atoms with van der Waals surface area (Å²) in [5.41, 5.74) is 1.85. The van der Waals surface area contributed by atoms with Gasteiger partial charge in [0.2, 0.25) is 5.89 Å². The topological polar surface area (TPSA) is 38.1 Å². The Kier molecular flexibility index (Phi) is 3.78. The second-order valence-electron chi connectivity index (χ2n) is 3.30. The third-order valence-corrected chi connectivity index (χ3v) is 3.22. The monoisotopic (exact) mass is 344 g/mol. The molecule has 1 N–H and O–H groups in total. The summed E-state index contributed by atoms with van der Waals surface area (Å²) in [6.45, 7) is 0.706. The van der Waals surface area contributed by atoms with Crippen LogP contribution in [0.4, 0.5) is 0 Å². The lowest BCUT2D eigenvalue weighted by Gasteiger charge is -1.99. The molecular weight excluding hydrogens is 336 g/mol. The van der Waals surface area contributed by atoms with Gasteiger partial charge in [-0.05, 0) is 41.2 Å². The fraction of sp³-hybridized carbons (Fsp3) is 0.182. The number of halogens is 2. The van der Waals surface area contributed by atoms with Crippen molar-refractivity contribution in [2.45, 2.75) is 6.54 Å². The van der Waals surface area contributed by atoms with Crippen molar-refractivity contribution in [2.75, 3.05) is 7.05 Å². The van der Waals surface area contributed by atoms with Gasteiger partial charge in [-0.2, -0.15) is 0 Å². The fourth-order valence-corrected chi connectivity index (χ4v) is 2.57. The average Bonchev–Trinajstić information content (AvgIpc) is 2.67. The zero-order chi connectivity index (χ0) is 11.5. The number of nitrogens with zero attached hydrogens (tertiary/aromatic N) is 1. The minimum Gasteiger partial charge on any atom is -0.444 e. The molecule has 0 aliphatic rings. The van der Waals surface area contributed by atoms with Gasteiger partial charge in [-0.15, -0.1) is 0 Å². The highest BCUT2D eigenvalue weighted by Crippen LogP contribution is 2.30. The third kappa shape index (κ3) is 2.53. The van der Waals surface area contributed by atoms with E-state index < -0.39 is 0 Å². The minimum atomic E-state index is 0.629. The molecule has 1 aromatic carbocycles. The summed E-state index contributed by atoms with van der Waals surface area (Å²) in [7, 11) is 1.88. The number of aromatic nitrogens is 1. The molecule has 84 valence electrons. The number of nitrogens with one attached hydrogen (secondary N) is 1. The van der Waals surface area contributed by atoms with Crippen LogP contribution in [-0.2, 0) is 6.54 Å². The predicted octanol–water partition coefficient (Wildman–Crippen LogP) is 3.59. The largest absolute Gasteiger partial charge is 0.444 e. The first-order chi connectivity index (χ1) is 7.70. The maximum absolute atomic E-state index is 5.43. The molecule has 5 heteroatoms. The van der Waals surface area contributed by atoms with Crippen molar-refractivity contribution in [2.24, 2.45) is 0 Å². The van der Waals surface area contributed by atoms with E-state index in [1.54, 1.807) is 6.26 Å². The summed E-state index contributed by atoms with van der Waals surface area (Å²) in [5, 5.41) is 3.03. The van der Waals surface area contributed by atoms with E-state index in [1.165, 1.54) is 0 Å². The second-order valence-corrected chi connectivity index (χ2v) is 5.07. The Morgan fingerprint density at radius 3 is 2.88 bits per heavy atom. The fourth-order valence-electron chi connectivity index (χ4n) is 1.36. The summed E-state index contributed by atoms with van der Waals surface area (Å²) >= 11 is 6.89. The maximum atomic E-state index is 5.43. The van der Waals surface area contributed by atoms with Gasteiger partial charge in [-0.3, -0.25) is 0 Å². The lowest BCUT2D eigenvalue weighted by molar-refractivity contribution is 0.571. The Morgan fingerprint density at radius 2 is 2.19 bits per heavy atom. The van der Waals surface area contributed by atoms with Gasteiger partial charge in [0.1, 0.15) is 6.26 Å². The summed E-state index contributed by atoms with van der Waals surface area (Å²) in [4.78, 5) is 4.39. The van der Waals surface area contributed by atoms with Crippen LogP contribution in [0.25, 0.3) is 11.5 Å². The van der Waals surface area contributed by atoms with Crippen LogP contribution in [0.3, 0.4) is 0 Å². The molecule has 0 fully saturated rings. The van der Waals surface area contributed by atoms with E-state index in [-0.39, 0.29) is 0 Å². The third-order valence-electron chi connectivity index (χ3n) is 2.07. The van der Waals surface area contributed by atoms with E-state index in [0.29, 0.717) is 12.4 Å². The molecule has 3 nitrogen and oxygen atoms in total. The van der Waals surface area contributed by atoms with Crippen LogP contribution in [0.2, 0.25) is 0 Å². The van der Waals surface area contributed by atoms with Gasteiger partial charge in [0.05, 0.1) is 11.3 Å². The molecule has 1 aromatic heterocycles. The van der Waals surface area contributed by atoms with Crippen LogP contribution in [0.5, 0.6) is 0 Å². The molecule has 0 saturated heterocycles. The van der Waals surface area contributed by atoms with Crippen LogP contribution in [0, 0.1) is 0 Å². The molecule has 0 bridgehead atoms. The van der Waals surface area contributed by atoms with Crippen LogP contribution < -0.4 is 5.32 Å². The van der Waals surface area contributed by atoms with Crippen LogP contribution in [-0.4, -0.2) is 12.0 Å².